The van der Waals surface area contributed by atoms with Gasteiger partial charge in [-0.25, -0.2) is 17.2 Å². The molecule has 0 unspecified atom stereocenters. The van der Waals surface area contributed by atoms with E-state index in [4.69, 9.17) is 0 Å². The summed E-state index contributed by atoms with van der Waals surface area (Å²) in [6.45, 7) is 3.51. The van der Waals surface area contributed by atoms with Crippen molar-refractivity contribution < 1.29 is 26.8 Å². The van der Waals surface area contributed by atoms with Crippen LogP contribution in [0, 0.1) is 11.6 Å². The van der Waals surface area contributed by atoms with Gasteiger partial charge in [-0.15, -0.1) is 0 Å². The van der Waals surface area contributed by atoms with Crippen molar-refractivity contribution in [1.29, 1.82) is 0 Å². The van der Waals surface area contributed by atoms with Crippen molar-refractivity contribution in [2.75, 3.05) is 17.4 Å². The zero-order chi connectivity index (χ0) is 28.4. The largest absolute Gasteiger partial charge is 0.354 e. The lowest BCUT2D eigenvalue weighted by molar-refractivity contribution is -0.140. The van der Waals surface area contributed by atoms with Crippen LogP contribution >= 0.6 is 0 Å². The van der Waals surface area contributed by atoms with E-state index in [-0.39, 0.29) is 29.5 Å². The Morgan fingerprint density at radius 3 is 2.03 bits per heavy atom. The highest BCUT2D eigenvalue weighted by molar-refractivity contribution is 7.92. The number of nitrogens with zero attached hydrogens (tertiary/aromatic N) is 2. The molecule has 0 saturated carbocycles. The first-order valence-electron chi connectivity index (χ1n) is 12.8. The molecule has 0 aliphatic rings. The topological polar surface area (TPSA) is 86.8 Å². The fraction of sp³-hybridized carbons (Fsp3) is 0.310. The summed E-state index contributed by atoms with van der Waals surface area (Å²) in [6, 6.07) is 17.0. The van der Waals surface area contributed by atoms with E-state index >= 15 is 0 Å². The molecule has 0 aromatic heterocycles. The molecular weight excluding hydrogens is 524 g/mol. The molecule has 3 aromatic carbocycles. The minimum absolute atomic E-state index is 0.0402. The Balaban J connectivity index is 2.01. The molecule has 208 valence electrons. The van der Waals surface area contributed by atoms with Gasteiger partial charge < -0.3 is 10.2 Å². The third-order valence-electron chi connectivity index (χ3n) is 6.21. The molecule has 3 aromatic rings. The van der Waals surface area contributed by atoms with E-state index in [1.54, 1.807) is 25.1 Å². The number of hydrogen-bond acceptors (Lipinski definition) is 4. The Labute approximate surface area is 228 Å². The van der Waals surface area contributed by atoms with Crippen LogP contribution in [0.1, 0.15) is 38.7 Å². The van der Waals surface area contributed by atoms with Gasteiger partial charge in [0.15, 0.2) is 0 Å². The maximum absolute atomic E-state index is 13.9. The van der Waals surface area contributed by atoms with Gasteiger partial charge in [0.05, 0.1) is 10.6 Å². The summed E-state index contributed by atoms with van der Waals surface area (Å²) >= 11 is 0. The van der Waals surface area contributed by atoms with Crippen LogP contribution in [0.4, 0.5) is 14.5 Å². The maximum atomic E-state index is 13.9. The summed E-state index contributed by atoms with van der Waals surface area (Å²) in [4.78, 5) is 28.2. The predicted molar refractivity (Wildman–Crippen MR) is 146 cm³/mol. The molecule has 0 aliphatic heterocycles. The lowest BCUT2D eigenvalue weighted by atomic mass is 10.1. The first-order chi connectivity index (χ1) is 18.7. The first-order valence-corrected chi connectivity index (χ1v) is 14.3. The van der Waals surface area contributed by atoms with Gasteiger partial charge in [-0.1, -0.05) is 50.6 Å². The van der Waals surface area contributed by atoms with E-state index in [1.165, 1.54) is 53.4 Å². The summed E-state index contributed by atoms with van der Waals surface area (Å²) in [5.74, 6) is -2.01. The minimum Gasteiger partial charge on any atom is -0.354 e. The lowest BCUT2D eigenvalue weighted by Gasteiger charge is -2.33. The zero-order valence-electron chi connectivity index (χ0n) is 22.0. The van der Waals surface area contributed by atoms with E-state index in [9.17, 15) is 26.8 Å². The Morgan fingerprint density at radius 2 is 1.46 bits per heavy atom. The molecule has 1 atom stereocenters. The van der Waals surface area contributed by atoms with Crippen LogP contribution in [0.3, 0.4) is 0 Å². The highest BCUT2D eigenvalue weighted by Gasteiger charge is 2.33. The van der Waals surface area contributed by atoms with E-state index in [0.717, 1.165) is 29.3 Å². The van der Waals surface area contributed by atoms with Crippen molar-refractivity contribution in [3.05, 3.63) is 96.1 Å². The summed E-state index contributed by atoms with van der Waals surface area (Å²) in [7, 11) is -4.23. The van der Waals surface area contributed by atoms with Crippen LogP contribution in [0.5, 0.6) is 0 Å². The monoisotopic (exact) mass is 557 g/mol. The molecule has 2 amide bonds. The van der Waals surface area contributed by atoms with Crippen molar-refractivity contribution in [2.45, 2.75) is 50.6 Å². The Kier molecular flexibility index (Phi) is 10.6. The number of unbranched alkanes of at least 4 members (excludes halogenated alkanes) is 1. The molecule has 3 rings (SSSR count). The number of amides is 2. The third-order valence-corrected chi connectivity index (χ3v) is 7.99. The molecule has 0 aliphatic carbocycles. The molecule has 7 nitrogen and oxygen atoms in total. The number of carbonyl (C=O) groups excluding carboxylic acids is 2. The Hall–Kier alpha value is -3.79. The van der Waals surface area contributed by atoms with Gasteiger partial charge in [0, 0.05) is 13.1 Å². The summed E-state index contributed by atoms with van der Waals surface area (Å²) in [5, 5.41) is 2.85. The minimum atomic E-state index is -4.23. The smallest absolute Gasteiger partial charge is 0.264 e. The normalized spacial score (nSPS) is 12.0. The summed E-state index contributed by atoms with van der Waals surface area (Å²) in [6.07, 6.45) is 1.91. The Morgan fingerprint density at radius 1 is 0.872 bits per heavy atom. The molecule has 39 heavy (non-hydrogen) atoms. The molecule has 0 radical (unpaired) electrons. The van der Waals surface area contributed by atoms with Crippen LogP contribution in [0.2, 0.25) is 0 Å². The van der Waals surface area contributed by atoms with Gasteiger partial charge in [0.1, 0.15) is 24.2 Å². The second-order valence-corrected chi connectivity index (χ2v) is 10.9. The standard InChI is InChI=1S/C29H33F2N3O4S/c1-3-5-19-32-29(36)27(4-2)33(20-22-11-13-23(30)14-12-22)28(35)21-34(25-17-15-24(31)16-18-25)39(37,38)26-9-7-6-8-10-26/h6-18,27H,3-5,19-21H2,1-2H3,(H,32,36)/t27-/m0/s1. The van der Waals surface area contributed by atoms with Gasteiger partial charge in [-0.2, -0.15) is 0 Å². The van der Waals surface area contributed by atoms with Crippen LogP contribution in [-0.4, -0.2) is 44.3 Å². The second kappa shape index (κ2) is 13.8. The molecule has 10 heteroatoms. The third kappa shape index (κ3) is 7.86. The fourth-order valence-corrected chi connectivity index (χ4v) is 5.50. The molecule has 0 saturated heterocycles. The average Bonchev–Trinajstić information content (AvgIpc) is 2.93. The number of hydrogen-bond donors (Lipinski definition) is 1. The number of anilines is 1. The maximum Gasteiger partial charge on any atom is 0.264 e. The zero-order valence-corrected chi connectivity index (χ0v) is 22.8. The first kappa shape index (κ1) is 29.8. The highest BCUT2D eigenvalue weighted by atomic mass is 32.2. The number of nitrogens with one attached hydrogen (secondary N) is 1. The molecule has 0 spiro atoms. The number of sulfonamides is 1. The van der Waals surface area contributed by atoms with Crippen LogP contribution < -0.4 is 9.62 Å². The van der Waals surface area contributed by atoms with Gasteiger partial charge >= 0.3 is 0 Å². The number of rotatable bonds is 13. The van der Waals surface area contributed by atoms with Crippen LogP contribution in [-0.2, 0) is 26.2 Å². The van der Waals surface area contributed by atoms with E-state index in [2.05, 4.69) is 5.32 Å². The quantitative estimate of drug-likeness (QED) is 0.304. The van der Waals surface area contributed by atoms with E-state index < -0.39 is 40.2 Å². The van der Waals surface area contributed by atoms with Crippen molar-refractivity contribution >= 4 is 27.5 Å². The molecule has 0 bridgehead atoms. The lowest BCUT2D eigenvalue weighted by Crippen LogP contribution is -2.52. The predicted octanol–water partition coefficient (Wildman–Crippen LogP) is 4.88. The SMILES string of the molecule is CCCCNC(=O)[C@H](CC)N(Cc1ccc(F)cc1)C(=O)CN(c1ccc(F)cc1)S(=O)(=O)c1ccccc1. The number of benzene rings is 3. The highest BCUT2D eigenvalue weighted by Crippen LogP contribution is 2.25. The number of halogens is 2. The van der Waals surface area contributed by atoms with Crippen molar-refractivity contribution in [3.8, 4) is 0 Å². The summed E-state index contributed by atoms with van der Waals surface area (Å²) < 4.78 is 55.5. The summed E-state index contributed by atoms with van der Waals surface area (Å²) in [5.41, 5.74) is 0.666. The van der Waals surface area contributed by atoms with Gasteiger partial charge in [0.25, 0.3) is 10.0 Å². The van der Waals surface area contributed by atoms with E-state index in [1.807, 2.05) is 6.92 Å². The molecule has 0 fully saturated rings. The van der Waals surface area contributed by atoms with Crippen molar-refractivity contribution in [3.63, 3.8) is 0 Å². The van der Waals surface area contributed by atoms with Gasteiger partial charge in [0.2, 0.25) is 11.8 Å². The molecule has 1 N–H and O–H groups in total. The second-order valence-electron chi connectivity index (χ2n) is 9.02. The average molecular weight is 558 g/mol. The molecular formula is C29H33F2N3O4S. The van der Waals surface area contributed by atoms with Crippen molar-refractivity contribution in [2.24, 2.45) is 0 Å². The number of carbonyl (C=O) groups is 2. The van der Waals surface area contributed by atoms with Crippen molar-refractivity contribution in [1.82, 2.24) is 10.2 Å². The fourth-order valence-electron chi connectivity index (χ4n) is 4.07. The van der Waals surface area contributed by atoms with E-state index in [0.29, 0.717) is 12.1 Å². The van der Waals surface area contributed by atoms with Crippen LogP contribution in [0.25, 0.3) is 0 Å². The Bertz CT molecular complexity index is 1340. The van der Waals surface area contributed by atoms with Gasteiger partial charge in [-0.05, 0) is 66.9 Å². The molecule has 0 heterocycles. The van der Waals surface area contributed by atoms with Crippen LogP contribution in [0.15, 0.2) is 83.8 Å². The van der Waals surface area contributed by atoms with Gasteiger partial charge in [-0.3, -0.25) is 13.9 Å².